The summed E-state index contributed by atoms with van der Waals surface area (Å²) in [6.45, 7) is 0. The van der Waals surface area contributed by atoms with E-state index in [2.05, 4.69) is 179 Å². The molecule has 3 heteroatoms. The lowest BCUT2D eigenvalue weighted by Gasteiger charge is -2.09. The van der Waals surface area contributed by atoms with Crippen LogP contribution in [0.25, 0.3) is 99.2 Å². The van der Waals surface area contributed by atoms with Crippen molar-refractivity contribution in [3.63, 3.8) is 0 Å². The molecule has 0 unspecified atom stereocenters. The fraction of sp³-hybridized carbons (Fsp3) is 0. The first-order valence-electron chi connectivity index (χ1n) is 17.4. The highest BCUT2D eigenvalue weighted by molar-refractivity contribution is 6.14. The predicted octanol–water partition coefficient (Wildman–Crippen LogP) is 13.1. The fourth-order valence-electron chi connectivity index (χ4n) is 8.15. The fourth-order valence-corrected chi connectivity index (χ4v) is 8.15. The first kappa shape index (κ1) is 28.0. The van der Waals surface area contributed by atoms with Crippen LogP contribution in [0.1, 0.15) is 0 Å². The second-order valence-corrected chi connectivity index (χ2v) is 13.4. The van der Waals surface area contributed by atoms with Crippen LogP contribution in [0.5, 0.6) is 0 Å². The van der Waals surface area contributed by atoms with Gasteiger partial charge in [-0.05, 0) is 95.1 Å². The summed E-state index contributed by atoms with van der Waals surface area (Å²) in [6.07, 6.45) is 0. The van der Waals surface area contributed by atoms with Crippen LogP contribution in [0.2, 0.25) is 0 Å². The minimum Gasteiger partial charge on any atom is -0.456 e. The third-order valence-corrected chi connectivity index (χ3v) is 10.5. The van der Waals surface area contributed by atoms with Gasteiger partial charge < -0.3 is 13.6 Å². The number of rotatable bonds is 4. The van der Waals surface area contributed by atoms with Gasteiger partial charge in [0.1, 0.15) is 11.2 Å². The van der Waals surface area contributed by atoms with E-state index in [1.807, 2.05) is 12.1 Å². The lowest BCUT2D eigenvalue weighted by Crippen LogP contribution is -1.93. The van der Waals surface area contributed by atoms with Crippen LogP contribution < -0.4 is 0 Å². The standard InChI is InChI=1S/C48H30N2O/c1-3-11-31(12-4-1)32-19-24-45-41(27-32)42-29-34(21-26-46(42)50(45)36-22-23-39-38-16-8-10-18-47(38)51-48(39)30-36)33-20-25-44-40(28-33)37-15-7-9-17-43(37)49(44)35-13-5-2-6-14-35/h1-30H. The second-order valence-electron chi connectivity index (χ2n) is 13.4. The normalized spacial score (nSPS) is 11.9. The van der Waals surface area contributed by atoms with Crippen LogP contribution in [-0.2, 0) is 0 Å². The number of fused-ring (bicyclic) bond motifs is 9. The summed E-state index contributed by atoms with van der Waals surface area (Å²) in [5.74, 6) is 0. The molecule has 11 rings (SSSR count). The Morgan fingerprint density at radius 2 is 0.765 bits per heavy atom. The molecule has 0 aliphatic carbocycles. The van der Waals surface area contributed by atoms with Crippen molar-refractivity contribution in [1.29, 1.82) is 0 Å². The van der Waals surface area contributed by atoms with Crippen LogP contribution >= 0.6 is 0 Å². The monoisotopic (exact) mass is 650 g/mol. The highest BCUT2D eigenvalue weighted by Gasteiger charge is 2.18. The van der Waals surface area contributed by atoms with E-state index >= 15 is 0 Å². The van der Waals surface area contributed by atoms with Gasteiger partial charge in [0.05, 0.1) is 22.1 Å². The Labute approximate surface area is 293 Å². The summed E-state index contributed by atoms with van der Waals surface area (Å²) in [5, 5.41) is 7.22. The van der Waals surface area contributed by atoms with Gasteiger partial charge in [-0.2, -0.15) is 0 Å². The number of nitrogens with zero attached hydrogens (tertiary/aromatic N) is 2. The molecular formula is C48H30N2O. The Morgan fingerprint density at radius 3 is 1.45 bits per heavy atom. The molecule has 0 bridgehead atoms. The average Bonchev–Trinajstić information content (AvgIpc) is 3.85. The first-order valence-corrected chi connectivity index (χ1v) is 17.4. The largest absolute Gasteiger partial charge is 0.456 e. The van der Waals surface area contributed by atoms with Crippen molar-refractivity contribution < 1.29 is 4.42 Å². The van der Waals surface area contributed by atoms with Gasteiger partial charge in [0, 0.05) is 49.8 Å². The highest BCUT2D eigenvalue weighted by Crippen LogP contribution is 2.40. The van der Waals surface area contributed by atoms with Gasteiger partial charge in [0.25, 0.3) is 0 Å². The van der Waals surface area contributed by atoms with Gasteiger partial charge in [-0.15, -0.1) is 0 Å². The SMILES string of the molecule is c1ccc(-c2ccc3c(c2)c2cc(-c4ccc5c(c4)c4ccccc4n5-c4ccccc4)ccc2n3-c2ccc3c(c2)oc2ccccc23)cc1. The van der Waals surface area contributed by atoms with Crippen molar-refractivity contribution in [3.05, 3.63) is 182 Å². The van der Waals surface area contributed by atoms with Gasteiger partial charge >= 0.3 is 0 Å². The van der Waals surface area contributed by atoms with Gasteiger partial charge in [-0.1, -0.05) is 103 Å². The Bertz CT molecular complexity index is 3130. The van der Waals surface area contributed by atoms with Crippen molar-refractivity contribution in [3.8, 4) is 33.6 Å². The molecule has 0 saturated heterocycles. The third kappa shape index (κ3) is 4.25. The van der Waals surface area contributed by atoms with E-state index in [-0.39, 0.29) is 0 Å². The zero-order valence-electron chi connectivity index (χ0n) is 27.6. The number of hydrogen-bond donors (Lipinski definition) is 0. The molecule has 3 nitrogen and oxygen atoms in total. The lowest BCUT2D eigenvalue weighted by molar-refractivity contribution is 0.668. The predicted molar refractivity (Wildman–Crippen MR) is 213 cm³/mol. The Morgan fingerprint density at radius 1 is 0.275 bits per heavy atom. The molecule has 0 N–H and O–H groups in total. The van der Waals surface area contributed by atoms with Gasteiger partial charge in [-0.25, -0.2) is 0 Å². The van der Waals surface area contributed by atoms with Crippen LogP contribution in [0, 0.1) is 0 Å². The van der Waals surface area contributed by atoms with E-state index in [0.29, 0.717) is 0 Å². The zero-order valence-corrected chi connectivity index (χ0v) is 27.6. The summed E-state index contributed by atoms with van der Waals surface area (Å²) in [7, 11) is 0. The summed E-state index contributed by atoms with van der Waals surface area (Å²) >= 11 is 0. The number of benzene rings is 8. The van der Waals surface area contributed by atoms with E-state index in [1.165, 1.54) is 66.0 Å². The van der Waals surface area contributed by atoms with Crippen LogP contribution in [-0.4, -0.2) is 9.13 Å². The highest BCUT2D eigenvalue weighted by atomic mass is 16.3. The van der Waals surface area contributed by atoms with Crippen molar-refractivity contribution >= 4 is 65.6 Å². The molecule has 0 aliphatic heterocycles. The van der Waals surface area contributed by atoms with Crippen molar-refractivity contribution in [2.24, 2.45) is 0 Å². The first-order chi connectivity index (χ1) is 25.3. The quantitative estimate of drug-likeness (QED) is 0.186. The minimum atomic E-state index is 0.893. The topological polar surface area (TPSA) is 23.0 Å². The van der Waals surface area contributed by atoms with Crippen molar-refractivity contribution in [2.75, 3.05) is 0 Å². The molecule has 51 heavy (non-hydrogen) atoms. The Hall–Kier alpha value is -6.84. The number of furan rings is 1. The smallest absolute Gasteiger partial charge is 0.137 e. The molecular weight excluding hydrogens is 621 g/mol. The van der Waals surface area contributed by atoms with E-state index in [4.69, 9.17) is 4.42 Å². The maximum atomic E-state index is 6.35. The molecule has 11 aromatic rings. The Balaban J connectivity index is 1.14. The van der Waals surface area contributed by atoms with E-state index in [1.54, 1.807) is 0 Å². The third-order valence-electron chi connectivity index (χ3n) is 10.5. The van der Waals surface area contributed by atoms with Crippen molar-refractivity contribution in [2.45, 2.75) is 0 Å². The summed E-state index contributed by atoms with van der Waals surface area (Å²) in [4.78, 5) is 0. The van der Waals surface area contributed by atoms with E-state index in [0.717, 1.165) is 33.1 Å². The van der Waals surface area contributed by atoms with Gasteiger partial charge in [-0.3, -0.25) is 0 Å². The molecule has 0 aliphatic rings. The molecule has 3 heterocycles. The molecule has 0 fully saturated rings. The maximum Gasteiger partial charge on any atom is 0.137 e. The summed E-state index contributed by atoms with van der Waals surface area (Å²) < 4.78 is 11.1. The molecule has 0 spiro atoms. The number of aromatic nitrogens is 2. The summed E-state index contributed by atoms with van der Waals surface area (Å²) in [5.41, 5.74) is 13.6. The lowest BCUT2D eigenvalue weighted by atomic mass is 9.99. The van der Waals surface area contributed by atoms with Crippen LogP contribution in [0.3, 0.4) is 0 Å². The zero-order chi connectivity index (χ0) is 33.5. The molecule has 8 aromatic carbocycles. The van der Waals surface area contributed by atoms with E-state index < -0.39 is 0 Å². The van der Waals surface area contributed by atoms with Crippen LogP contribution in [0.15, 0.2) is 186 Å². The molecule has 0 radical (unpaired) electrons. The maximum absolute atomic E-state index is 6.35. The van der Waals surface area contributed by atoms with Crippen molar-refractivity contribution in [1.82, 2.24) is 9.13 Å². The summed E-state index contributed by atoms with van der Waals surface area (Å²) in [6, 6.07) is 65.6. The Kier molecular flexibility index (Phi) is 5.96. The molecule has 0 amide bonds. The number of para-hydroxylation sites is 3. The minimum absolute atomic E-state index is 0.893. The van der Waals surface area contributed by atoms with E-state index in [9.17, 15) is 0 Å². The molecule has 0 atom stereocenters. The average molecular weight is 651 g/mol. The van der Waals surface area contributed by atoms with Crippen LogP contribution in [0.4, 0.5) is 0 Å². The van der Waals surface area contributed by atoms with Gasteiger partial charge in [0.2, 0.25) is 0 Å². The second kappa shape index (κ2) is 10.8. The van der Waals surface area contributed by atoms with Gasteiger partial charge in [0.15, 0.2) is 0 Å². The molecule has 3 aromatic heterocycles. The molecule has 238 valence electrons. The molecule has 0 saturated carbocycles. The number of hydrogen-bond acceptors (Lipinski definition) is 1.